The topological polar surface area (TPSA) is 63.6 Å². The average Bonchev–Trinajstić information content (AvgIpc) is 3.12. The fourth-order valence-electron chi connectivity index (χ4n) is 2.33. The number of hydrogen-bond acceptors (Lipinski definition) is 5. The Labute approximate surface area is 143 Å². The first kappa shape index (κ1) is 16.0. The third kappa shape index (κ3) is 3.38. The lowest BCUT2D eigenvalue weighted by Crippen LogP contribution is -2.44. The lowest BCUT2D eigenvalue weighted by atomic mass is 9.95. The fourth-order valence-corrected chi connectivity index (χ4v) is 3.30. The first-order valence-corrected chi connectivity index (χ1v) is 8.37. The zero-order valence-corrected chi connectivity index (χ0v) is 14.4. The van der Waals surface area contributed by atoms with E-state index in [4.69, 9.17) is 16.4 Å². The highest BCUT2D eigenvalue weighted by Gasteiger charge is 2.42. The molecule has 1 aliphatic heterocycles. The Hall–Kier alpha value is -1.92. The highest BCUT2D eigenvalue weighted by atomic mass is 35.5. The number of nitrogens with one attached hydrogen (secondary N) is 1. The second kappa shape index (κ2) is 6.29. The lowest BCUT2D eigenvalue weighted by molar-refractivity contribution is -0.141. The van der Waals surface area contributed by atoms with Gasteiger partial charge in [0.05, 0.1) is 12.3 Å². The Morgan fingerprint density at radius 3 is 2.96 bits per heavy atom. The van der Waals surface area contributed by atoms with Gasteiger partial charge in [-0.1, -0.05) is 35.0 Å². The van der Waals surface area contributed by atoms with Crippen LogP contribution in [0.2, 0.25) is 5.02 Å². The number of rotatable bonds is 4. The van der Waals surface area contributed by atoms with E-state index in [-0.39, 0.29) is 5.91 Å². The van der Waals surface area contributed by atoms with Crippen LogP contribution in [0.1, 0.15) is 28.8 Å². The van der Waals surface area contributed by atoms with Crippen molar-refractivity contribution in [1.29, 1.82) is 0 Å². The summed E-state index contributed by atoms with van der Waals surface area (Å²) in [5.41, 5.74) is 0.445. The minimum atomic E-state index is -1.03. The van der Waals surface area contributed by atoms with Crippen LogP contribution in [0.5, 0.6) is 0 Å². The second-order valence-corrected chi connectivity index (χ2v) is 7.29. The number of amides is 1. The van der Waals surface area contributed by atoms with Crippen LogP contribution < -0.4 is 5.32 Å². The highest BCUT2D eigenvalue weighted by Crippen LogP contribution is 2.29. The van der Waals surface area contributed by atoms with E-state index in [1.807, 2.05) is 25.1 Å². The molecule has 0 aliphatic carbocycles. The van der Waals surface area contributed by atoms with Gasteiger partial charge in [-0.15, -0.1) is 11.3 Å². The number of carbonyl (C=O) groups is 1. The summed E-state index contributed by atoms with van der Waals surface area (Å²) in [7, 11) is 0. The van der Waals surface area contributed by atoms with E-state index in [2.05, 4.69) is 15.5 Å². The summed E-state index contributed by atoms with van der Waals surface area (Å²) in [6.45, 7) is 4.09. The Morgan fingerprint density at radius 2 is 2.26 bits per heavy atom. The second-order valence-electron chi connectivity index (χ2n) is 5.56. The van der Waals surface area contributed by atoms with Crippen LogP contribution in [0.3, 0.4) is 0 Å². The Morgan fingerprint density at radius 1 is 1.48 bits per heavy atom. The first-order chi connectivity index (χ1) is 11.0. The first-order valence-electron chi connectivity index (χ1n) is 7.17. The summed E-state index contributed by atoms with van der Waals surface area (Å²) in [4.78, 5) is 23.2. The molecule has 1 amide bonds. The molecule has 5 nitrogen and oxygen atoms in total. The molecule has 1 aromatic heterocycles. The van der Waals surface area contributed by atoms with Crippen molar-refractivity contribution in [3.8, 4) is 0 Å². The largest absolute Gasteiger partial charge is 0.379 e. The summed E-state index contributed by atoms with van der Waals surface area (Å²) in [5, 5.41) is 8.38. The van der Waals surface area contributed by atoms with Gasteiger partial charge < -0.3 is 10.2 Å². The van der Waals surface area contributed by atoms with Crippen molar-refractivity contribution in [2.24, 2.45) is 5.16 Å². The molecular formula is C16H16ClN3O2S. The zero-order valence-electron chi connectivity index (χ0n) is 12.8. The van der Waals surface area contributed by atoms with Crippen LogP contribution in [0.4, 0.5) is 0 Å². The van der Waals surface area contributed by atoms with Crippen molar-refractivity contribution < 1.29 is 9.63 Å². The van der Waals surface area contributed by atoms with Gasteiger partial charge in [0, 0.05) is 28.1 Å². The van der Waals surface area contributed by atoms with Gasteiger partial charge in [0.15, 0.2) is 0 Å². The molecule has 2 heterocycles. The SMILES string of the molecule is Cc1cnc(CNC(=O)[C@@]2(C)CC(c3ccccc3Cl)=NO2)s1. The lowest BCUT2D eigenvalue weighted by Gasteiger charge is -2.20. The number of nitrogens with zero attached hydrogens (tertiary/aromatic N) is 2. The maximum atomic E-state index is 12.4. The van der Waals surface area contributed by atoms with Crippen molar-refractivity contribution in [2.75, 3.05) is 0 Å². The van der Waals surface area contributed by atoms with Gasteiger partial charge in [-0.25, -0.2) is 4.98 Å². The highest BCUT2D eigenvalue weighted by molar-refractivity contribution is 7.11. The molecule has 1 N–H and O–H groups in total. The van der Waals surface area contributed by atoms with Crippen molar-refractivity contribution in [2.45, 2.75) is 32.4 Å². The van der Waals surface area contributed by atoms with E-state index in [1.54, 1.807) is 30.5 Å². The molecular weight excluding hydrogens is 334 g/mol. The standard InChI is InChI=1S/C16H16ClN3O2S/c1-10-8-18-14(23-10)9-19-15(21)16(2)7-13(20-22-16)11-5-3-4-6-12(11)17/h3-6,8H,7,9H2,1-2H3,(H,19,21)/t16-/m1/s1. The summed E-state index contributed by atoms with van der Waals surface area (Å²) < 4.78 is 0. The summed E-state index contributed by atoms with van der Waals surface area (Å²) in [5.74, 6) is -0.212. The number of aryl methyl sites for hydroxylation is 1. The molecule has 1 atom stereocenters. The van der Waals surface area contributed by atoms with Gasteiger partial charge >= 0.3 is 0 Å². The molecule has 3 rings (SSSR count). The normalized spacial score (nSPS) is 20.0. The molecule has 0 spiro atoms. The van der Waals surface area contributed by atoms with E-state index < -0.39 is 5.60 Å². The number of carbonyl (C=O) groups excluding carboxylic acids is 1. The van der Waals surface area contributed by atoms with Gasteiger partial charge in [-0.05, 0) is 19.9 Å². The minimum absolute atomic E-state index is 0.212. The molecule has 7 heteroatoms. The number of halogens is 1. The van der Waals surface area contributed by atoms with Crippen LogP contribution >= 0.6 is 22.9 Å². The molecule has 1 aromatic carbocycles. The predicted molar refractivity (Wildman–Crippen MR) is 90.8 cm³/mol. The Balaban J connectivity index is 1.65. The van der Waals surface area contributed by atoms with Gasteiger partial charge in [0.1, 0.15) is 5.01 Å². The zero-order chi connectivity index (χ0) is 16.4. The van der Waals surface area contributed by atoms with Crippen molar-refractivity contribution in [3.05, 3.63) is 50.9 Å². The summed E-state index contributed by atoms with van der Waals surface area (Å²) in [6, 6.07) is 7.39. The van der Waals surface area contributed by atoms with E-state index >= 15 is 0 Å². The van der Waals surface area contributed by atoms with E-state index in [9.17, 15) is 4.79 Å². The third-order valence-corrected chi connectivity index (χ3v) is 4.84. The quantitative estimate of drug-likeness (QED) is 0.921. The van der Waals surface area contributed by atoms with Crippen LogP contribution in [-0.2, 0) is 16.2 Å². The minimum Gasteiger partial charge on any atom is -0.379 e. The molecule has 0 unspecified atom stereocenters. The van der Waals surface area contributed by atoms with Gasteiger partial charge in [-0.2, -0.15) is 0 Å². The number of thiazole rings is 1. The van der Waals surface area contributed by atoms with Gasteiger partial charge in [0.2, 0.25) is 5.60 Å². The number of aromatic nitrogens is 1. The van der Waals surface area contributed by atoms with E-state index in [0.29, 0.717) is 23.7 Å². The maximum Gasteiger partial charge on any atom is 0.267 e. The smallest absolute Gasteiger partial charge is 0.267 e. The van der Waals surface area contributed by atoms with Crippen LogP contribution in [-0.4, -0.2) is 22.2 Å². The molecule has 0 fully saturated rings. The molecule has 120 valence electrons. The van der Waals surface area contributed by atoms with Crippen molar-refractivity contribution in [3.63, 3.8) is 0 Å². The number of oxime groups is 1. The van der Waals surface area contributed by atoms with Crippen molar-refractivity contribution >= 4 is 34.6 Å². The van der Waals surface area contributed by atoms with Gasteiger partial charge in [0.25, 0.3) is 5.91 Å². The third-order valence-electron chi connectivity index (χ3n) is 3.60. The monoisotopic (exact) mass is 349 g/mol. The number of benzene rings is 1. The molecule has 23 heavy (non-hydrogen) atoms. The molecule has 0 saturated heterocycles. The van der Waals surface area contributed by atoms with Crippen molar-refractivity contribution in [1.82, 2.24) is 10.3 Å². The Kier molecular flexibility index (Phi) is 4.37. The van der Waals surface area contributed by atoms with Gasteiger partial charge in [-0.3, -0.25) is 4.79 Å². The molecule has 0 bridgehead atoms. The maximum absolute atomic E-state index is 12.4. The predicted octanol–water partition coefficient (Wildman–Crippen LogP) is 3.30. The molecule has 1 aliphatic rings. The summed E-state index contributed by atoms with van der Waals surface area (Å²) in [6.07, 6.45) is 2.16. The molecule has 2 aromatic rings. The number of hydrogen-bond donors (Lipinski definition) is 1. The van der Waals surface area contributed by atoms with E-state index in [0.717, 1.165) is 15.4 Å². The fraction of sp³-hybridized carbons (Fsp3) is 0.312. The average molecular weight is 350 g/mol. The molecule has 0 saturated carbocycles. The van der Waals surface area contributed by atoms with Crippen LogP contribution in [0, 0.1) is 6.92 Å². The summed E-state index contributed by atoms with van der Waals surface area (Å²) >= 11 is 7.73. The molecule has 0 radical (unpaired) electrons. The van der Waals surface area contributed by atoms with Crippen LogP contribution in [0.15, 0.2) is 35.6 Å². The van der Waals surface area contributed by atoms with E-state index in [1.165, 1.54) is 0 Å². The Bertz CT molecular complexity index is 774. The van der Waals surface area contributed by atoms with Crippen LogP contribution in [0.25, 0.3) is 0 Å².